The molecular formula is C29H39ClN4O4. The fourth-order valence-electron chi connectivity index (χ4n) is 5.53. The molecule has 0 spiro atoms. The summed E-state index contributed by atoms with van der Waals surface area (Å²) in [5.74, 6) is 2.00. The average Bonchev–Trinajstić information content (AvgIpc) is 3.23. The van der Waals surface area contributed by atoms with Gasteiger partial charge < -0.3 is 28.7 Å². The lowest BCUT2D eigenvalue weighted by atomic mass is 9.96. The zero-order valence-corrected chi connectivity index (χ0v) is 23.6. The Morgan fingerprint density at radius 2 is 1.89 bits per heavy atom. The molecule has 1 aromatic carbocycles. The molecule has 0 radical (unpaired) electrons. The van der Waals surface area contributed by atoms with Crippen LogP contribution >= 0.6 is 11.6 Å². The number of rotatable bonds is 11. The highest BCUT2D eigenvalue weighted by Crippen LogP contribution is 2.36. The van der Waals surface area contributed by atoms with Gasteiger partial charge in [-0.1, -0.05) is 25.4 Å². The van der Waals surface area contributed by atoms with Crippen molar-refractivity contribution in [2.24, 2.45) is 11.8 Å². The summed E-state index contributed by atoms with van der Waals surface area (Å²) in [6.07, 6.45) is 4.09. The van der Waals surface area contributed by atoms with Crippen molar-refractivity contribution in [2.45, 2.75) is 51.4 Å². The Hall–Kier alpha value is -2.73. The van der Waals surface area contributed by atoms with Crippen LogP contribution in [-0.4, -0.2) is 70.3 Å². The van der Waals surface area contributed by atoms with E-state index in [1.807, 2.05) is 18.2 Å². The van der Waals surface area contributed by atoms with E-state index in [-0.39, 0.29) is 24.2 Å². The van der Waals surface area contributed by atoms with Gasteiger partial charge in [0.2, 0.25) is 5.88 Å². The summed E-state index contributed by atoms with van der Waals surface area (Å²) in [7, 11) is 3.31. The third kappa shape index (κ3) is 6.63. The van der Waals surface area contributed by atoms with Gasteiger partial charge in [0.1, 0.15) is 11.9 Å². The maximum atomic E-state index is 9.45. The highest BCUT2D eigenvalue weighted by Gasteiger charge is 2.39. The predicted octanol–water partition coefficient (Wildman–Crippen LogP) is 5.20. The van der Waals surface area contributed by atoms with E-state index in [1.54, 1.807) is 20.4 Å². The summed E-state index contributed by atoms with van der Waals surface area (Å²) < 4.78 is 23.0. The number of hydrogen-bond donors (Lipinski definition) is 0. The number of methoxy groups -OCH3 is 2. The maximum Gasteiger partial charge on any atom is 0.215 e. The predicted molar refractivity (Wildman–Crippen MR) is 149 cm³/mol. The van der Waals surface area contributed by atoms with Crippen LogP contribution in [0.2, 0.25) is 5.02 Å². The molecule has 206 valence electrons. The first kappa shape index (κ1) is 28.3. The molecule has 1 aromatic heterocycles. The smallest absolute Gasteiger partial charge is 0.215 e. The molecule has 0 aliphatic carbocycles. The Morgan fingerprint density at radius 3 is 2.58 bits per heavy atom. The quantitative estimate of drug-likeness (QED) is 0.359. The lowest BCUT2D eigenvalue weighted by Crippen LogP contribution is -2.44. The topological polar surface area (TPSA) is 80.1 Å². The van der Waals surface area contributed by atoms with Gasteiger partial charge in [-0.15, -0.1) is 0 Å². The highest BCUT2D eigenvalue weighted by atomic mass is 35.5. The Kier molecular flexibility index (Phi) is 9.95. The van der Waals surface area contributed by atoms with Crippen LogP contribution in [0.3, 0.4) is 0 Å². The first-order valence-corrected chi connectivity index (χ1v) is 13.8. The van der Waals surface area contributed by atoms with Crippen LogP contribution in [-0.2, 0) is 9.47 Å². The van der Waals surface area contributed by atoms with E-state index < -0.39 is 0 Å². The minimum Gasteiger partial charge on any atom is -0.490 e. The van der Waals surface area contributed by atoms with Crippen molar-refractivity contribution in [1.29, 1.82) is 5.26 Å². The van der Waals surface area contributed by atoms with Crippen LogP contribution in [0.5, 0.6) is 11.6 Å². The van der Waals surface area contributed by atoms with Gasteiger partial charge >= 0.3 is 0 Å². The fourth-order valence-corrected chi connectivity index (χ4v) is 5.75. The van der Waals surface area contributed by atoms with Crippen molar-refractivity contribution in [2.75, 3.05) is 56.9 Å². The molecule has 2 saturated heterocycles. The third-order valence-corrected chi connectivity index (χ3v) is 8.03. The molecule has 5 atom stereocenters. The van der Waals surface area contributed by atoms with Crippen LogP contribution in [0, 0.1) is 23.2 Å². The van der Waals surface area contributed by atoms with E-state index in [2.05, 4.69) is 46.8 Å². The van der Waals surface area contributed by atoms with Crippen molar-refractivity contribution in [3.8, 4) is 17.7 Å². The number of benzene rings is 1. The van der Waals surface area contributed by atoms with Gasteiger partial charge in [0.25, 0.3) is 0 Å². The normalized spacial score (nSPS) is 25.3. The molecule has 2 aliphatic rings. The summed E-state index contributed by atoms with van der Waals surface area (Å²) in [4.78, 5) is 8.77. The van der Waals surface area contributed by atoms with Gasteiger partial charge in [0.15, 0.2) is 0 Å². The monoisotopic (exact) mass is 542 g/mol. The molecule has 2 unspecified atom stereocenters. The van der Waals surface area contributed by atoms with E-state index in [4.69, 9.17) is 30.5 Å². The van der Waals surface area contributed by atoms with Crippen LogP contribution in [0.1, 0.15) is 33.1 Å². The number of nitriles is 1. The highest BCUT2D eigenvalue weighted by molar-refractivity contribution is 6.33. The van der Waals surface area contributed by atoms with Gasteiger partial charge in [0, 0.05) is 76.0 Å². The van der Waals surface area contributed by atoms with E-state index in [9.17, 15) is 5.26 Å². The van der Waals surface area contributed by atoms with Gasteiger partial charge in [-0.3, -0.25) is 0 Å². The molecule has 2 fully saturated rings. The molecule has 0 bridgehead atoms. The number of ether oxygens (including phenoxy) is 4. The molecule has 0 N–H and O–H groups in total. The Balaban J connectivity index is 1.36. The Bertz CT molecular complexity index is 1080. The summed E-state index contributed by atoms with van der Waals surface area (Å²) in [6, 6.07) is 12.7. The molecule has 9 heteroatoms. The molecule has 38 heavy (non-hydrogen) atoms. The molecule has 3 heterocycles. The second kappa shape index (κ2) is 13.4. The van der Waals surface area contributed by atoms with Gasteiger partial charge in [-0.25, -0.2) is 4.98 Å². The van der Waals surface area contributed by atoms with Crippen molar-refractivity contribution < 1.29 is 18.9 Å². The zero-order valence-electron chi connectivity index (χ0n) is 22.8. The number of nitrogens with zero attached hydrogens (tertiary/aromatic N) is 4. The molecule has 4 rings (SSSR count). The second-order valence-electron chi connectivity index (χ2n) is 10.2. The standard InChI is InChI=1S/C29H39ClN4O4/c1-20-18-33(26-16-29(36-4)32-17-24(26)30)13-11-27(20)38-23-8-6-22(7-9-23)34-19-28(37-15-5-14-35-3)21(2)25(34)10-12-31/h6-9,16-17,20-21,25,27-28H,5,10-11,13-15,18-19H2,1-4H3/t20?,21-,25-,27?,28-/m0/s1. The minimum absolute atomic E-state index is 0.0982. The first-order chi connectivity index (χ1) is 18.4. The SMILES string of the molecule is COCCCO[C@H]1CN(c2ccc(OC3CCN(c4cc(OC)ncc4Cl)CC3C)cc2)[C@@H](CC#N)[C@@H]1C. The molecule has 0 amide bonds. The second-order valence-corrected chi connectivity index (χ2v) is 10.6. The molecule has 2 aliphatic heterocycles. The van der Waals surface area contributed by atoms with Gasteiger partial charge in [-0.05, 0) is 30.7 Å². The first-order valence-electron chi connectivity index (χ1n) is 13.4. The number of halogens is 1. The van der Waals surface area contributed by atoms with Crippen LogP contribution in [0.25, 0.3) is 0 Å². The summed E-state index contributed by atoms with van der Waals surface area (Å²) in [5.41, 5.74) is 2.04. The zero-order chi connectivity index (χ0) is 27.1. The largest absolute Gasteiger partial charge is 0.490 e. The Morgan fingerprint density at radius 1 is 1.11 bits per heavy atom. The van der Waals surface area contributed by atoms with Crippen LogP contribution in [0.4, 0.5) is 11.4 Å². The molecular weight excluding hydrogens is 504 g/mol. The molecule has 2 aromatic rings. The van der Waals surface area contributed by atoms with Crippen LogP contribution in [0.15, 0.2) is 36.5 Å². The van der Waals surface area contributed by atoms with Crippen molar-refractivity contribution in [3.63, 3.8) is 0 Å². The van der Waals surface area contributed by atoms with E-state index in [0.717, 1.165) is 49.6 Å². The maximum absolute atomic E-state index is 9.45. The summed E-state index contributed by atoms with van der Waals surface area (Å²) in [5, 5.41) is 10.1. The summed E-state index contributed by atoms with van der Waals surface area (Å²) >= 11 is 6.43. The van der Waals surface area contributed by atoms with Gasteiger partial charge in [0.05, 0.1) is 42.6 Å². The average molecular weight is 543 g/mol. The number of aromatic nitrogens is 1. The minimum atomic E-state index is 0.0982. The van der Waals surface area contributed by atoms with Gasteiger partial charge in [-0.2, -0.15) is 5.26 Å². The number of hydrogen-bond acceptors (Lipinski definition) is 8. The van der Waals surface area contributed by atoms with Crippen LogP contribution < -0.4 is 19.3 Å². The molecule has 0 saturated carbocycles. The lowest BCUT2D eigenvalue weighted by molar-refractivity contribution is 0.0271. The number of piperidine rings is 1. The van der Waals surface area contributed by atoms with Crippen molar-refractivity contribution in [3.05, 3.63) is 41.6 Å². The number of pyridine rings is 1. The summed E-state index contributed by atoms with van der Waals surface area (Å²) in [6.45, 7) is 8.21. The van der Waals surface area contributed by atoms with Crippen molar-refractivity contribution in [1.82, 2.24) is 4.98 Å². The molecule has 8 nitrogen and oxygen atoms in total. The lowest BCUT2D eigenvalue weighted by Gasteiger charge is -2.38. The Labute approximate surface area is 231 Å². The third-order valence-electron chi connectivity index (χ3n) is 7.74. The van der Waals surface area contributed by atoms with Crippen molar-refractivity contribution >= 4 is 23.0 Å². The fraction of sp³-hybridized carbons (Fsp3) is 0.586. The van der Waals surface area contributed by atoms with E-state index in [0.29, 0.717) is 36.5 Å². The van der Waals surface area contributed by atoms with E-state index >= 15 is 0 Å². The van der Waals surface area contributed by atoms with E-state index in [1.165, 1.54) is 0 Å². The number of anilines is 2.